The fourth-order valence-electron chi connectivity index (χ4n) is 1.44. The van der Waals surface area contributed by atoms with E-state index in [9.17, 15) is 4.79 Å². The van der Waals surface area contributed by atoms with Gasteiger partial charge in [0.15, 0.2) is 0 Å². The van der Waals surface area contributed by atoms with E-state index in [2.05, 4.69) is 5.10 Å². The second kappa shape index (κ2) is 4.18. The van der Waals surface area contributed by atoms with Crippen LogP contribution in [0.4, 0.5) is 0 Å². The summed E-state index contributed by atoms with van der Waals surface area (Å²) in [6.45, 7) is 1.60. The van der Waals surface area contributed by atoms with Crippen molar-refractivity contribution < 1.29 is 9.90 Å². The summed E-state index contributed by atoms with van der Waals surface area (Å²) >= 11 is 0. The molecule has 1 heterocycles. The lowest BCUT2D eigenvalue weighted by molar-refractivity contribution is -0.140. The van der Waals surface area contributed by atoms with Crippen molar-refractivity contribution in [3.8, 4) is 11.1 Å². The van der Waals surface area contributed by atoms with Crippen molar-refractivity contribution in [1.82, 2.24) is 9.78 Å². The molecule has 1 aromatic carbocycles. The Hall–Kier alpha value is -2.10. The highest BCUT2D eigenvalue weighted by atomic mass is 16.4. The molecule has 82 valence electrons. The van der Waals surface area contributed by atoms with Crippen molar-refractivity contribution in [2.45, 2.75) is 13.0 Å². The van der Waals surface area contributed by atoms with Gasteiger partial charge in [-0.05, 0) is 12.5 Å². The van der Waals surface area contributed by atoms with Crippen LogP contribution in [0.1, 0.15) is 13.0 Å². The lowest BCUT2D eigenvalue weighted by Crippen LogP contribution is -2.15. The van der Waals surface area contributed by atoms with Crippen molar-refractivity contribution in [3.63, 3.8) is 0 Å². The van der Waals surface area contributed by atoms with Gasteiger partial charge in [0.25, 0.3) is 0 Å². The van der Waals surface area contributed by atoms with E-state index in [4.69, 9.17) is 5.11 Å². The van der Waals surface area contributed by atoms with Crippen LogP contribution in [0.3, 0.4) is 0 Å². The molecule has 0 fully saturated rings. The summed E-state index contributed by atoms with van der Waals surface area (Å²) in [6, 6.07) is 9.10. The molecule has 0 saturated carbocycles. The normalized spacial score (nSPS) is 12.3. The van der Waals surface area contributed by atoms with E-state index >= 15 is 0 Å². The topological polar surface area (TPSA) is 55.1 Å². The fraction of sp³-hybridized carbons (Fsp3) is 0.167. The zero-order valence-electron chi connectivity index (χ0n) is 8.87. The molecular formula is C12H12N2O2. The highest BCUT2D eigenvalue weighted by molar-refractivity contribution is 5.71. The van der Waals surface area contributed by atoms with Crippen molar-refractivity contribution in [1.29, 1.82) is 0 Å². The number of rotatable bonds is 3. The summed E-state index contributed by atoms with van der Waals surface area (Å²) in [6.07, 6.45) is 3.42. The van der Waals surface area contributed by atoms with Crippen LogP contribution in [-0.2, 0) is 4.79 Å². The van der Waals surface area contributed by atoms with Crippen LogP contribution in [0.2, 0.25) is 0 Å². The van der Waals surface area contributed by atoms with Gasteiger partial charge < -0.3 is 5.11 Å². The van der Waals surface area contributed by atoms with Crippen molar-refractivity contribution in [3.05, 3.63) is 42.7 Å². The minimum atomic E-state index is -0.886. The van der Waals surface area contributed by atoms with Crippen molar-refractivity contribution in [2.75, 3.05) is 0 Å². The molecular weight excluding hydrogens is 204 g/mol. The number of carbonyl (C=O) groups is 1. The fourth-order valence-corrected chi connectivity index (χ4v) is 1.44. The van der Waals surface area contributed by atoms with E-state index < -0.39 is 12.0 Å². The Bertz CT molecular complexity index is 491. The van der Waals surface area contributed by atoms with Gasteiger partial charge in [-0.2, -0.15) is 5.10 Å². The van der Waals surface area contributed by atoms with Crippen LogP contribution < -0.4 is 0 Å². The average molecular weight is 216 g/mol. The Morgan fingerprint density at radius 1 is 1.31 bits per heavy atom. The van der Waals surface area contributed by atoms with E-state index in [1.54, 1.807) is 19.3 Å². The lowest BCUT2D eigenvalue weighted by atomic mass is 10.1. The Balaban J connectivity index is 2.30. The first kappa shape index (κ1) is 10.4. The monoisotopic (exact) mass is 216 g/mol. The summed E-state index contributed by atoms with van der Waals surface area (Å²) in [7, 11) is 0. The molecule has 1 atom stereocenters. The Morgan fingerprint density at radius 2 is 2.00 bits per heavy atom. The number of hydrogen-bond acceptors (Lipinski definition) is 2. The highest BCUT2D eigenvalue weighted by Crippen LogP contribution is 2.19. The van der Waals surface area contributed by atoms with E-state index in [-0.39, 0.29) is 0 Å². The van der Waals surface area contributed by atoms with Crippen molar-refractivity contribution >= 4 is 5.97 Å². The third-order valence-electron chi connectivity index (χ3n) is 2.46. The van der Waals surface area contributed by atoms with Crippen molar-refractivity contribution in [2.24, 2.45) is 0 Å². The minimum Gasteiger partial charge on any atom is -0.480 e. The molecule has 0 aliphatic carbocycles. The number of hydrogen-bond donors (Lipinski definition) is 1. The summed E-state index contributed by atoms with van der Waals surface area (Å²) in [5, 5.41) is 12.9. The molecule has 2 aromatic rings. The number of aromatic nitrogens is 2. The molecule has 0 spiro atoms. The summed E-state index contributed by atoms with van der Waals surface area (Å²) in [5.74, 6) is -0.886. The molecule has 0 aliphatic rings. The predicted molar refractivity (Wildman–Crippen MR) is 60.0 cm³/mol. The number of benzene rings is 1. The number of carboxylic acid groups (broad SMARTS) is 1. The van der Waals surface area contributed by atoms with E-state index in [1.165, 1.54) is 4.68 Å². The standard InChI is InChI=1S/C12H12N2O2/c1-9(12(15)16)14-8-11(7-13-14)10-5-3-2-4-6-10/h2-9H,1H3,(H,15,16)/t9-/m1/s1. The molecule has 0 bridgehead atoms. The van der Waals surface area contributed by atoms with Crippen LogP contribution >= 0.6 is 0 Å². The van der Waals surface area contributed by atoms with Crippen LogP contribution in [0.25, 0.3) is 11.1 Å². The molecule has 4 heteroatoms. The molecule has 4 nitrogen and oxygen atoms in total. The predicted octanol–water partition coefficient (Wildman–Crippen LogP) is 2.20. The molecule has 1 aromatic heterocycles. The zero-order valence-corrected chi connectivity index (χ0v) is 8.87. The van der Waals surface area contributed by atoms with Crippen LogP contribution in [0, 0.1) is 0 Å². The highest BCUT2D eigenvalue weighted by Gasteiger charge is 2.14. The smallest absolute Gasteiger partial charge is 0.328 e. The maximum atomic E-state index is 10.8. The van der Waals surface area contributed by atoms with Crippen LogP contribution in [-0.4, -0.2) is 20.9 Å². The summed E-state index contributed by atoms with van der Waals surface area (Å²) < 4.78 is 1.45. The molecule has 1 N–H and O–H groups in total. The Kier molecular flexibility index (Phi) is 2.72. The maximum absolute atomic E-state index is 10.8. The number of aliphatic carboxylic acids is 1. The molecule has 0 aliphatic heterocycles. The largest absolute Gasteiger partial charge is 0.480 e. The second-order valence-electron chi connectivity index (χ2n) is 3.59. The van der Waals surface area contributed by atoms with Gasteiger partial charge in [0.1, 0.15) is 6.04 Å². The van der Waals surface area contributed by atoms with Crippen LogP contribution in [0.15, 0.2) is 42.7 Å². The first-order chi connectivity index (χ1) is 7.68. The van der Waals surface area contributed by atoms with E-state index in [0.29, 0.717) is 0 Å². The quantitative estimate of drug-likeness (QED) is 0.855. The van der Waals surface area contributed by atoms with Gasteiger partial charge in [-0.15, -0.1) is 0 Å². The lowest BCUT2D eigenvalue weighted by Gasteiger charge is -2.05. The molecule has 0 radical (unpaired) electrons. The van der Waals surface area contributed by atoms with E-state index in [1.807, 2.05) is 30.3 Å². The van der Waals surface area contributed by atoms with Gasteiger partial charge >= 0.3 is 5.97 Å². The van der Waals surface area contributed by atoms with Gasteiger partial charge in [-0.25, -0.2) is 4.79 Å². The zero-order chi connectivity index (χ0) is 11.5. The van der Waals surface area contributed by atoms with Gasteiger partial charge in [0.2, 0.25) is 0 Å². The SMILES string of the molecule is C[C@H](C(=O)O)n1cc(-c2ccccc2)cn1. The summed E-state index contributed by atoms with van der Waals surface area (Å²) in [4.78, 5) is 10.8. The third kappa shape index (κ3) is 1.95. The van der Waals surface area contributed by atoms with E-state index in [0.717, 1.165) is 11.1 Å². The van der Waals surface area contributed by atoms with Gasteiger partial charge in [-0.1, -0.05) is 30.3 Å². The maximum Gasteiger partial charge on any atom is 0.328 e. The average Bonchev–Trinajstić information content (AvgIpc) is 2.78. The molecule has 2 rings (SSSR count). The number of nitrogens with zero attached hydrogens (tertiary/aromatic N) is 2. The second-order valence-corrected chi connectivity index (χ2v) is 3.59. The van der Waals surface area contributed by atoms with Gasteiger partial charge in [-0.3, -0.25) is 4.68 Å². The number of carboxylic acids is 1. The van der Waals surface area contributed by atoms with Gasteiger partial charge in [0.05, 0.1) is 6.20 Å². The molecule has 0 saturated heterocycles. The Morgan fingerprint density at radius 3 is 2.62 bits per heavy atom. The first-order valence-corrected chi connectivity index (χ1v) is 5.01. The Labute approximate surface area is 93.1 Å². The first-order valence-electron chi connectivity index (χ1n) is 5.01. The van der Waals surface area contributed by atoms with Crippen LogP contribution in [0.5, 0.6) is 0 Å². The third-order valence-corrected chi connectivity index (χ3v) is 2.46. The molecule has 0 unspecified atom stereocenters. The molecule has 0 amide bonds. The van der Waals surface area contributed by atoms with Gasteiger partial charge in [0, 0.05) is 11.8 Å². The molecule has 16 heavy (non-hydrogen) atoms. The summed E-state index contributed by atoms with van der Waals surface area (Å²) in [5.41, 5.74) is 1.96. The minimum absolute atomic E-state index is 0.641.